The molecule has 0 saturated carbocycles. The van der Waals surface area contributed by atoms with Gasteiger partial charge in [0, 0.05) is 17.0 Å². The van der Waals surface area contributed by atoms with Crippen LogP contribution in [-0.2, 0) is 21.4 Å². The molecule has 1 rings (SSSR count). The number of hydrogen-bond acceptors (Lipinski definition) is 4. The van der Waals surface area contributed by atoms with Crippen LogP contribution >= 0.6 is 0 Å². The number of hydrogen-bond donors (Lipinski definition) is 2. The Balaban J connectivity index is 3.15. The lowest BCUT2D eigenvalue weighted by atomic mass is 10.2. The lowest BCUT2D eigenvalue weighted by Gasteiger charge is -2.10. The van der Waals surface area contributed by atoms with E-state index in [4.69, 9.17) is 4.55 Å². The molecule has 0 spiro atoms. The third-order valence-electron chi connectivity index (χ3n) is 1.65. The highest BCUT2D eigenvalue weighted by atomic mass is 32.2. The molecule has 6 nitrogen and oxygen atoms in total. The molecule has 0 amide bonds. The van der Waals surface area contributed by atoms with Crippen LogP contribution in [0.5, 0.6) is 0 Å². The van der Waals surface area contributed by atoms with E-state index in [2.05, 4.69) is 4.72 Å². The molecule has 0 bridgehead atoms. The molecule has 2 N–H and O–H groups in total. The highest BCUT2D eigenvalue weighted by Crippen LogP contribution is 2.19. The van der Waals surface area contributed by atoms with Crippen LogP contribution in [0.1, 0.15) is 5.56 Å². The molecule has 1 unspecified atom stereocenters. The van der Waals surface area contributed by atoms with E-state index in [0.717, 1.165) is 6.07 Å². The Labute approximate surface area is 89.5 Å². The Kier molecular flexibility index (Phi) is 3.45. The first kappa shape index (κ1) is 12.1. The van der Waals surface area contributed by atoms with Crippen molar-refractivity contribution in [3.8, 4) is 0 Å². The molecule has 0 fully saturated rings. The van der Waals surface area contributed by atoms with Crippen molar-refractivity contribution in [2.45, 2.75) is 11.8 Å². The Morgan fingerprint density at radius 2 is 2.07 bits per heavy atom. The van der Waals surface area contributed by atoms with Gasteiger partial charge in [-0.15, -0.1) is 0 Å². The van der Waals surface area contributed by atoms with E-state index in [1.165, 1.54) is 19.1 Å². The molecule has 1 aromatic rings. The minimum atomic E-state index is -4.26. The van der Waals surface area contributed by atoms with Crippen molar-refractivity contribution in [1.82, 2.24) is 0 Å². The molecule has 0 saturated heterocycles. The summed E-state index contributed by atoms with van der Waals surface area (Å²) in [5.41, 5.74) is 0.487. The Morgan fingerprint density at radius 3 is 2.47 bits per heavy atom. The Bertz CT molecular complexity index is 496. The summed E-state index contributed by atoms with van der Waals surface area (Å²) < 4.78 is 53.0. The molecule has 0 heterocycles. The molecule has 0 aliphatic carbocycles. The van der Waals surface area contributed by atoms with Crippen LogP contribution in [-0.4, -0.2) is 21.7 Å². The van der Waals surface area contributed by atoms with E-state index in [1.54, 1.807) is 0 Å². The van der Waals surface area contributed by atoms with Gasteiger partial charge in [0.2, 0.25) is 0 Å². The van der Waals surface area contributed by atoms with E-state index in [9.17, 15) is 17.2 Å². The van der Waals surface area contributed by atoms with Gasteiger partial charge in [0.05, 0.1) is 4.90 Å². The van der Waals surface area contributed by atoms with Gasteiger partial charge in [0.1, 0.15) is 0 Å². The van der Waals surface area contributed by atoms with Crippen molar-refractivity contribution >= 4 is 27.1 Å². The minimum absolute atomic E-state index is 0.230. The van der Waals surface area contributed by atoms with E-state index in [1.807, 2.05) is 0 Å². The molecular weight excluding hydrogens is 242 g/mol. The number of rotatable bonds is 3. The SMILES string of the molecule is Cc1cc(NS(=O)[O-])ccc1S(=O)(=O)O. The first-order valence-corrected chi connectivity index (χ1v) is 6.26. The fraction of sp³-hybridized carbons (Fsp3) is 0.143. The largest absolute Gasteiger partial charge is 0.755 e. The number of benzene rings is 1. The zero-order valence-corrected chi connectivity index (χ0v) is 9.26. The molecule has 0 aliphatic heterocycles. The van der Waals surface area contributed by atoms with Crippen molar-refractivity contribution in [1.29, 1.82) is 0 Å². The molecule has 1 aromatic carbocycles. The monoisotopic (exact) mass is 250 g/mol. The third-order valence-corrected chi connectivity index (χ3v) is 3.07. The lowest BCUT2D eigenvalue weighted by Crippen LogP contribution is -2.05. The van der Waals surface area contributed by atoms with Gasteiger partial charge in [-0.05, 0) is 30.7 Å². The molecular formula is C7H8NO5S2-. The van der Waals surface area contributed by atoms with Crippen LogP contribution in [0.25, 0.3) is 0 Å². The lowest BCUT2D eigenvalue weighted by molar-refractivity contribution is 0.482. The van der Waals surface area contributed by atoms with Crippen molar-refractivity contribution in [3.05, 3.63) is 23.8 Å². The fourth-order valence-corrected chi connectivity index (χ4v) is 2.12. The normalized spacial score (nSPS) is 13.5. The second-order valence-corrected chi connectivity index (χ2v) is 4.86. The van der Waals surface area contributed by atoms with Crippen LogP contribution in [0.3, 0.4) is 0 Å². The minimum Gasteiger partial charge on any atom is -0.755 e. The number of anilines is 1. The highest BCUT2D eigenvalue weighted by molar-refractivity contribution is 7.85. The number of aryl methyl sites for hydroxylation is 1. The smallest absolute Gasteiger partial charge is 0.294 e. The fourth-order valence-electron chi connectivity index (χ4n) is 1.10. The molecule has 8 heteroatoms. The van der Waals surface area contributed by atoms with E-state index in [-0.39, 0.29) is 16.1 Å². The molecule has 1 atom stereocenters. The maximum atomic E-state index is 10.8. The Hall–Kier alpha value is -0.960. The van der Waals surface area contributed by atoms with Gasteiger partial charge in [-0.1, -0.05) is 0 Å². The quantitative estimate of drug-likeness (QED) is 0.598. The molecule has 0 radical (unpaired) electrons. The van der Waals surface area contributed by atoms with Crippen molar-refractivity contribution in [2.24, 2.45) is 0 Å². The molecule has 84 valence electrons. The predicted molar refractivity (Wildman–Crippen MR) is 53.5 cm³/mol. The second-order valence-electron chi connectivity index (χ2n) is 2.79. The summed E-state index contributed by atoms with van der Waals surface area (Å²) in [4.78, 5) is -0.246. The van der Waals surface area contributed by atoms with Crippen molar-refractivity contribution in [3.63, 3.8) is 0 Å². The topological polar surface area (TPSA) is 107 Å². The van der Waals surface area contributed by atoms with E-state index >= 15 is 0 Å². The summed E-state index contributed by atoms with van der Waals surface area (Å²) in [5.74, 6) is 0. The zero-order chi connectivity index (χ0) is 11.6. The van der Waals surface area contributed by atoms with Crippen molar-refractivity contribution < 1.29 is 21.7 Å². The zero-order valence-electron chi connectivity index (χ0n) is 7.63. The predicted octanol–water partition coefficient (Wildman–Crippen LogP) is 0.448. The summed E-state index contributed by atoms with van der Waals surface area (Å²) in [6.07, 6.45) is 0. The second kappa shape index (κ2) is 4.27. The summed E-state index contributed by atoms with van der Waals surface area (Å²) in [6, 6.07) is 3.67. The van der Waals surface area contributed by atoms with Gasteiger partial charge in [0.25, 0.3) is 10.1 Å². The van der Waals surface area contributed by atoms with Crippen LogP contribution in [0, 0.1) is 6.92 Å². The maximum Gasteiger partial charge on any atom is 0.294 e. The summed E-state index contributed by atoms with van der Waals surface area (Å²) in [5, 5.41) is 0. The first-order chi connectivity index (χ1) is 6.80. The highest BCUT2D eigenvalue weighted by Gasteiger charge is 2.12. The van der Waals surface area contributed by atoms with Crippen molar-refractivity contribution in [2.75, 3.05) is 4.72 Å². The summed E-state index contributed by atoms with van der Waals surface area (Å²) in [6.45, 7) is 1.45. The average Bonchev–Trinajstić information content (AvgIpc) is 1.99. The van der Waals surface area contributed by atoms with Gasteiger partial charge < -0.3 is 9.27 Å². The first-order valence-electron chi connectivity index (χ1n) is 3.75. The van der Waals surface area contributed by atoms with Gasteiger partial charge in [-0.3, -0.25) is 8.76 Å². The van der Waals surface area contributed by atoms with Crippen LogP contribution in [0.4, 0.5) is 5.69 Å². The number of nitrogens with one attached hydrogen (secondary N) is 1. The maximum absolute atomic E-state index is 10.8. The van der Waals surface area contributed by atoms with Gasteiger partial charge >= 0.3 is 0 Å². The van der Waals surface area contributed by atoms with Crippen LogP contribution < -0.4 is 4.72 Å². The van der Waals surface area contributed by atoms with Crippen LogP contribution in [0.15, 0.2) is 23.1 Å². The molecule has 0 aliphatic rings. The summed E-state index contributed by atoms with van der Waals surface area (Å²) in [7, 11) is -4.26. The third kappa shape index (κ3) is 3.27. The van der Waals surface area contributed by atoms with Gasteiger partial charge in [-0.25, -0.2) is 0 Å². The molecule has 0 aromatic heterocycles. The molecule has 15 heavy (non-hydrogen) atoms. The van der Waals surface area contributed by atoms with Gasteiger partial charge in [0.15, 0.2) is 0 Å². The van der Waals surface area contributed by atoms with Gasteiger partial charge in [-0.2, -0.15) is 8.42 Å². The van der Waals surface area contributed by atoms with E-state index in [0.29, 0.717) is 0 Å². The van der Waals surface area contributed by atoms with E-state index < -0.39 is 21.4 Å². The average molecular weight is 250 g/mol. The standard InChI is InChI=1S/C7H9NO5S2/c1-5-4-6(8-14(9)10)2-3-7(5)15(11,12)13/h2-4,8H,1H3,(H,9,10)(H,11,12,13)/p-1. The Morgan fingerprint density at radius 1 is 1.47 bits per heavy atom. The summed E-state index contributed by atoms with van der Waals surface area (Å²) >= 11 is -2.46. The van der Waals surface area contributed by atoms with Crippen LogP contribution in [0.2, 0.25) is 0 Å².